The topological polar surface area (TPSA) is 79.5 Å². The van der Waals surface area contributed by atoms with Crippen molar-refractivity contribution in [3.05, 3.63) is 88.0 Å². The molecule has 0 spiro atoms. The molecule has 0 aliphatic heterocycles. The molecule has 1 aromatic heterocycles. The van der Waals surface area contributed by atoms with Gasteiger partial charge in [-0.3, -0.25) is 9.59 Å². The first-order valence-electron chi connectivity index (χ1n) is 7.80. The second kappa shape index (κ2) is 7.05. The molecule has 0 aliphatic carbocycles. The Labute approximate surface area is 144 Å². The number of aromatic hydroxyl groups is 1. The van der Waals surface area contributed by atoms with Crippen LogP contribution in [0.15, 0.2) is 70.1 Å². The monoisotopic (exact) mass is 335 g/mol. The molecule has 1 amide bonds. The summed E-state index contributed by atoms with van der Waals surface area (Å²) in [5.41, 5.74) is 2.18. The van der Waals surface area contributed by atoms with Crippen LogP contribution >= 0.6 is 0 Å². The molecule has 2 aromatic carbocycles. The van der Waals surface area contributed by atoms with Crippen molar-refractivity contribution in [2.75, 3.05) is 0 Å². The number of rotatable bonds is 4. The van der Waals surface area contributed by atoms with Crippen LogP contribution in [-0.4, -0.2) is 11.0 Å². The van der Waals surface area contributed by atoms with Gasteiger partial charge in [-0.15, -0.1) is 0 Å². The maximum absolute atomic E-state index is 12.2. The summed E-state index contributed by atoms with van der Waals surface area (Å²) in [6.07, 6.45) is 0.927. The third-order valence-electron chi connectivity index (χ3n) is 3.90. The lowest BCUT2D eigenvalue weighted by Crippen LogP contribution is -2.29. The standard InChI is InChI=1S/C20H17NO4/c1-13-18(19(23)17(22)12-25-13)20(24)21-11-14-7-9-16(10-8-14)15-5-3-2-4-6-15/h2-10,12,22H,11H2,1H3,(H,21,24). The Morgan fingerprint density at radius 2 is 1.68 bits per heavy atom. The van der Waals surface area contributed by atoms with Crippen molar-refractivity contribution in [2.45, 2.75) is 13.5 Å². The lowest BCUT2D eigenvalue weighted by molar-refractivity contribution is 0.0945. The van der Waals surface area contributed by atoms with E-state index in [1.165, 1.54) is 6.92 Å². The van der Waals surface area contributed by atoms with Crippen molar-refractivity contribution >= 4 is 5.91 Å². The molecule has 0 saturated heterocycles. The van der Waals surface area contributed by atoms with E-state index in [0.717, 1.165) is 23.0 Å². The largest absolute Gasteiger partial charge is 0.502 e. The molecule has 0 radical (unpaired) electrons. The first-order chi connectivity index (χ1) is 12.1. The molecule has 0 bridgehead atoms. The van der Waals surface area contributed by atoms with Gasteiger partial charge in [0.25, 0.3) is 5.91 Å². The lowest BCUT2D eigenvalue weighted by atomic mass is 10.0. The molecule has 5 heteroatoms. The Kier molecular flexibility index (Phi) is 4.66. The highest BCUT2D eigenvalue weighted by atomic mass is 16.4. The zero-order chi connectivity index (χ0) is 17.8. The fourth-order valence-corrected chi connectivity index (χ4v) is 2.52. The van der Waals surface area contributed by atoms with Gasteiger partial charge in [-0.1, -0.05) is 54.6 Å². The number of benzene rings is 2. The molecular formula is C20H17NO4. The van der Waals surface area contributed by atoms with Gasteiger partial charge >= 0.3 is 0 Å². The second-order valence-corrected chi connectivity index (χ2v) is 5.63. The second-order valence-electron chi connectivity index (χ2n) is 5.63. The number of carbonyl (C=O) groups is 1. The van der Waals surface area contributed by atoms with Crippen LogP contribution < -0.4 is 10.7 Å². The maximum Gasteiger partial charge on any atom is 0.259 e. The quantitative estimate of drug-likeness (QED) is 0.767. The van der Waals surface area contributed by atoms with Crippen molar-refractivity contribution in [3.63, 3.8) is 0 Å². The Hall–Kier alpha value is -3.34. The summed E-state index contributed by atoms with van der Waals surface area (Å²) in [6, 6.07) is 17.8. The van der Waals surface area contributed by atoms with E-state index in [0.29, 0.717) is 0 Å². The Bertz CT molecular complexity index is 944. The molecule has 25 heavy (non-hydrogen) atoms. The van der Waals surface area contributed by atoms with E-state index in [1.54, 1.807) is 0 Å². The van der Waals surface area contributed by atoms with Crippen LogP contribution in [0, 0.1) is 6.92 Å². The molecule has 5 nitrogen and oxygen atoms in total. The van der Waals surface area contributed by atoms with Crippen LogP contribution in [0.5, 0.6) is 5.75 Å². The maximum atomic E-state index is 12.2. The predicted octanol–water partition coefficient (Wildman–Crippen LogP) is 3.25. The third kappa shape index (κ3) is 3.61. The Morgan fingerprint density at radius 1 is 1.04 bits per heavy atom. The molecule has 0 fully saturated rings. The smallest absolute Gasteiger partial charge is 0.259 e. The summed E-state index contributed by atoms with van der Waals surface area (Å²) < 4.78 is 5.00. The Balaban J connectivity index is 1.71. The summed E-state index contributed by atoms with van der Waals surface area (Å²) in [7, 11) is 0. The van der Waals surface area contributed by atoms with E-state index in [4.69, 9.17) is 4.42 Å². The molecule has 3 aromatic rings. The van der Waals surface area contributed by atoms with Gasteiger partial charge < -0.3 is 14.8 Å². The van der Waals surface area contributed by atoms with E-state index in [2.05, 4.69) is 5.32 Å². The van der Waals surface area contributed by atoms with E-state index in [9.17, 15) is 14.7 Å². The number of carbonyl (C=O) groups excluding carboxylic acids is 1. The molecule has 0 aliphatic rings. The molecular weight excluding hydrogens is 318 g/mol. The predicted molar refractivity (Wildman–Crippen MR) is 94.4 cm³/mol. The average Bonchev–Trinajstić information content (AvgIpc) is 2.64. The fourth-order valence-electron chi connectivity index (χ4n) is 2.52. The van der Waals surface area contributed by atoms with E-state index >= 15 is 0 Å². The van der Waals surface area contributed by atoms with Crippen LogP contribution in [0.1, 0.15) is 21.7 Å². The van der Waals surface area contributed by atoms with E-state index in [1.807, 2.05) is 54.6 Å². The highest BCUT2D eigenvalue weighted by molar-refractivity contribution is 5.95. The number of nitrogens with one attached hydrogen (secondary N) is 1. The van der Waals surface area contributed by atoms with Gasteiger partial charge in [0.15, 0.2) is 5.75 Å². The molecule has 0 saturated carbocycles. The van der Waals surface area contributed by atoms with Gasteiger partial charge in [0.2, 0.25) is 5.43 Å². The van der Waals surface area contributed by atoms with Gasteiger partial charge in [0, 0.05) is 6.54 Å². The van der Waals surface area contributed by atoms with Crippen molar-refractivity contribution in [1.29, 1.82) is 0 Å². The SMILES string of the molecule is Cc1occ(O)c(=O)c1C(=O)NCc1ccc(-c2ccccc2)cc1. The zero-order valence-electron chi connectivity index (χ0n) is 13.7. The van der Waals surface area contributed by atoms with E-state index in [-0.39, 0.29) is 17.9 Å². The third-order valence-corrected chi connectivity index (χ3v) is 3.90. The molecule has 0 unspecified atom stereocenters. The van der Waals surface area contributed by atoms with E-state index < -0.39 is 17.1 Å². The molecule has 0 atom stereocenters. The van der Waals surface area contributed by atoms with Gasteiger partial charge in [-0.25, -0.2) is 0 Å². The van der Waals surface area contributed by atoms with Crippen LogP contribution in [0.4, 0.5) is 0 Å². The summed E-state index contributed by atoms with van der Waals surface area (Å²) in [4.78, 5) is 24.1. The van der Waals surface area contributed by atoms with Crippen LogP contribution in [0.25, 0.3) is 11.1 Å². The molecule has 126 valence electrons. The Morgan fingerprint density at radius 3 is 2.36 bits per heavy atom. The van der Waals surface area contributed by atoms with Gasteiger partial charge in [-0.05, 0) is 23.6 Å². The van der Waals surface area contributed by atoms with Crippen molar-refractivity contribution in [2.24, 2.45) is 0 Å². The first-order valence-corrected chi connectivity index (χ1v) is 7.80. The number of amides is 1. The number of aryl methyl sites for hydroxylation is 1. The van der Waals surface area contributed by atoms with Crippen LogP contribution in [-0.2, 0) is 6.54 Å². The van der Waals surface area contributed by atoms with Gasteiger partial charge in [-0.2, -0.15) is 0 Å². The van der Waals surface area contributed by atoms with Crippen molar-refractivity contribution in [3.8, 4) is 16.9 Å². The van der Waals surface area contributed by atoms with Gasteiger partial charge in [0.05, 0.1) is 0 Å². The number of hydrogen-bond acceptors (Lipinski definition) is 4. The minimum absolute atomic E-state index is 0.166. The van der Waals surface area contributed by atoms with Crippen molar-refractivity contribution < 1.29 is 14.3 Å². The van der Waals surface area contributed by atoms with Gasteiger partial charge in [0.1, 0.15) is 17.6 Å². The summed E-state index contributed by atoms with van der Waals surface area (Å²) in [5, 5.41) is 12.1. The summed E-state index contributed by atoms with van der Waals surface area (Å²) >= 11 is 0. The average molecular weight is 335 g/mol. The molecule has 1 heterocycles. The van der Waals surface area contributed by atoms with Crippen molar-refractivity contribution in [1.82, 2.24) is 5.32 Å². The summed E-state index contributed by atoms with van der Waals surface area (Å²) in [6.45, 7) is 1.77. The summed E-state index contributed by atoms with van der Waals surface area (Å²) in [5.74, 6) is -0.989. The number of hydrogen-bond donors (Lipinski definition) is 2. The van der Waals surface area contributed by atoms with Crippen LogP contribution in [0.3, 0.4) is 0 Å². The minimum atomic E-state index is -0.735. The zero-order valence-corrected chi connectivity index (χ0v) is 13.7. The van der Waals surface area contributed by atoms with Crippen LogP contribution in [0.2, 0.25) is 0 Å². The highest BCUT2D eigenvalue weighted by Crippen LogP contribution is 2.19. The minimum Gasteiger partial charge on any atom is -0.502 e. The lowest BCUT2D eigenvalue weighted by Gasteiger charge is -2.08. The fraction of sp³-hybridized carbons (Fsp3) is 0.100. The molecule has 2 N–H and O–H groups in total. The normalized spacial score (nSPS) is 10.4. The highest BCUT2D eigenvalue weighted by Gasteiger charge is 2.17. The molecule has 3 rings (SSSR count). The first kappa shape index (κ1) is 16.5.